The van der Waals surface area contributed by atoms with Gasteiger partial charge in [-0.05, 0) is 35.4 Å². The predicted molar refractivity (Wildman–Crippen MR) is 89.2 cm³/mol. The molecule has 0 radical (unpaired) electrons. The summed E-state index contributed by atoms with van der Waals surface area (Å²) in [6.45, 7) is -0.770. The van der Waals surface area contributed by atoms with Crippen LogP contribution in [-0.2, 0) is 0 Å². The van der Waals surface area contributed by atoms with Crippen LogP contribution in [0.25, 0.3) is 0 Å². The molecule has 2 aromatic rings. The second-order valence-corrected chi connectivity index (χ2v) is 5.88. The molecule has 2 aromatic carbocycles. The highest BCUT2D eigenvalue weighted by Crippen LogP contribution is 2.32. The lowest BCUT2D eigenvalue weighted by atomic mass is 9.82. The number of aliphatic hydroxyl groups is 5. The van der Waals surface area contributed by atoms with Crippen molar-refractivity contribution in [2.45, 2.75) is 30.3 Å². The third-order valence-electron chi connectivity index (χ3n) is 4.13. The van der Waals surface area contributed by atoms with Gasteiger partial charge in [-0.1, -0.05) is 24.3 Å². The van der Waals surface area contributed by atoms with Gasteiger partial charge >= 0.3 is 0 Å². The molecule has 0 bridgehead atoms. The number of phenols is 2. The van der Waals surface area contributed by atoms with Crippen LogP contribution in [0, 0.1) is 0 Å². The summed E-state index contributed by atoms with van der Waals surface area (Å²) in [6, 6.07) is 11.9. The van der Waals surface area contributed by atoms with Crippen molar-refractivity contribution in [1.82, 2.24) is 0 Å². The molecular formula is C18H22O7. The molecule has 7 nitrogen and oxygen atoms in total. The number of benzene rings is 2. The molecule has 0 aliphatic carbocycles. The van der Waals surface area contributed by atoms with Crippen molar-refractivity contribution in [3.05, 3.63) is 59.7 Å². The number of hydrogen-bond acceptors (Lipinski definition) is 7. The molecule has 0 heterocycles. The van der Waals surface area contributed by atoms with Crippen LogP contribution in [0.1, 0.15) is 17.0 Å². The van der Waals surface area contributed by atoms with Gasteiger partial charge in [-0.2, -0.15) is 0 Å². The van der Waals surface area contributed by atoms with E-state index in [0.29, 0.717) is 11.1 Å². The zero-order chi connectivity index (χ0) is 18.6. The number of phenolic OH excluding ortho intramolecular Hbond substituents is 2. The third kappa shape index (κ3) is 4.47. The van der Waals surface area contributed by atoms with Gasteiger partial charge in [0.1, 0.15) is 29.8 Å². The Hall–Kier alpha value is -2.16. The molecule has 7 heteroatoms. The quantitative estimate of drug-likeness (QED) is 0.362. The van der Waals surface area contributed by atoms with Gasteiger partial charge in [-0.25, -0.2) is 0 Å². The van der Waals surface area contributed by atoms with Crippen LogP contribution < -0.4 is 0 Å². The fourth-order valence-corrected chi connectivity index (χ4v) is 2.68. The van der Waals surface area contributed by atoms with E-state index in [9.17, 15) is 30.6 Å². The molecule has 4 unspecified atom stereocenters. The topological polar surface area (TPSA) is 142 Å². The van der Waals surface area contributed by atoms with E-state index >= 15 is 0 Å². The summed E-state index contributed by atoms with van der Waals surface area (Å²) in [7, 11) is 0. The Kier molecular flexibility index (Phi) is 6.35. The van der Waals surface area contributed by atoms with Crippen LogP contribution in [0.3, 0.4) is 0 Å². The first-order chi connectivity index (χ1) is 11.8. The largest absolute Gasteiger partial charge is 0.508 e. The molecule has 0 saturated carbocycles. The standard InChI is InChI=1S/C18H22O7/c19-9-14(22)16(23)18(25)17(24)15(10-1-5-12(20)6-2-10)11-3-7-13(21)8-4-11/h1-8,14-25H,9H2. The highest BCUT2D eigenvalue weighted by Gasteiger charge is 2.36. The average Bonchev–Trinajstić information content (AvgIpc) is 2.63. The van der Waals surface area contributed by atoms with Crippen LogP contribution in [0.4, 0.5) is 0 Å². The zero-order valence-electron chi connectivity index (χ0n) is 13.3. The fraction of sp³-hybridized carbons (Fsp3) is 0.333. The summed E-state index contributed by atoms with van der Waals surface area (Å²) in [6.07, 6.45) is -6.62. The summed E-state index contributed by atoms with van der Waals surface area (Å²) in [5, 5.41) is 68.0. The van der Waals surface area contributed by atoms with Gasteiger partial charge < -0.3 is 35.7 Å². The van der Waals surface area contributed by atoms with Crippen molar-refractivity contribution in [2.24, 2.45) is 0 Å². The van der Waals surface area contributed by atoms with Crippen molar-refractivity contribution in [3.63, 3.8) is 0 Å². The summed E-state index contributed by atoms with van der Waals surface area (Å²) < 4.78 is 0. The summed E-state index contributed by atoms with van der Waals surface area (Å²) >= 11 is 0. The Labute approximate surface area is 144 Å². The second-order valence-electron chi connectivity index (χ2n) is 5.88. The molecule has 2 rings (SSSR count). The van der Waals surface area contributed by atoms with Gasteiger partial charge in [-0.3, -0.25) is 0 Å². The van der Waals surface area contributed by atoms with Crippen LogP contribution in [0.2, 0.25) is 0 Å². The van der Waals surface area contributed by atoms with Crippen LogP contribution >= 0.6 is 0 Å². The molecule has 136 valence electrons. The molecule has 25 heavy (non-hydrogen) atoms. The van der Waals surface area contributed by atoms with Crippen molar-refractivity contribution in [3.8, 4) is 11.5 Å². The first kappa shape index (κ1) is 19.2. The maximum absolute atomic E-state index is 10.6. The minimum Gasteiger partial charge on any atom is -0.508 e. The summed E-state index contributed by atoms with van der Waals surface area (Å²) in [4.78, 5) is 0. The SMILES string of the molecule is OCC(O)C(O)C(O)C(O)C(c1ccc(O)cc1)c1ccc(O)cc1. The zero-order valence-corrected chi connectivity index (χ0v) is 13.3. The maximum Gasteiger partial charge on any atom is 0.115 e. The highest BCUT2D eigenvalue weighted by molar-refractivity contribution is 5.39. The fourth-order valence-electron chi connectivity index (χ4n) is 2.68. The molecule has 0 saturated heterocycles. The lowest BCUT2D eigenvalue weighted by Crippen LogP contribution is -2.48. The molecular weight excluding hydrogens is 328 g/mol. The lowest BCUT2D eigenvalue weighted by molar-refractivity contribution is -0.117. The first-order valence-electron chi connectivity index (χ1n) is 7.76. The smallest absolute Gasteiger partial charge is 0.115 e. The Bertz CT molecular complexity index is 611. The second kappa shape index (κ2) is 8.28. The van der Waals surface area contributed by atoms with Crippen LogP contribution in [0.5, 0.6) is 11.5 Å². The van der Waals surface area contributed by atoms with Crippen LogP contribution in [0.15, 0.2) is 48.5 Å². The number of aromatic hydroxyl groups is 2. The Morgan fingerprint density at radius 1 is 0.600 bits per heavy atom. The van der Waals surface area contributed by atoms with Crippen molar-refractivity contribution in [1.29, 1.82) is 0 Å². The molecule has 0 amide bonds. The minimum atomic E-state index is -1.75. The molecule has 4 atom stereocenters. The Morgan fingerprint density at radius 3 is 1.36 bits per heavy atom. The molecule has 0 aliphatic heterocycles. The maximum atomic E-state index is 10.6. The van der Waals surface area contributed by atoms with Gasteiger partial charge in [-0.15, -0.1) is 0 Å². The number of aliphatic hydroxyl groups excluding tert-OH is 5. The van der Waals surface area contributed by atoms with E-state index in [1.54, 1.807) is 24.3 Å². The van der Waals surface area contributed by atoms with E-state index < -0.39 is 36.9 Å². The van der Waals surface area contributed by atoms with Crippen LogP contribution in [-0.4, -0.2) is 66.8 Å². The minimum absolute atomic E-state index is 0.0268. The van der Waals surface area contributed by atoms with E-state index in [4.69, 9.17) is 5.11 Å². The third-order valence-corrected chi connectivity index (χ3v) is 4.13. The normalized spacial score (nSPS) is 16.4. The van der Waals surface area contributed by atoms with E-state index in [2.05, 4.69) is 0 Å². The lowest BCUT2D eigenvalue weighted by Gasteiger charge is -2.31. The first-order valence-corrected chi connectivity index (χ1v) is 7.76. The van der Waals surface area contributed by atoms with E-state index in [0.717, 1.165) is 0 Å². The van der Waals surface area contributed by atoms with E-state index in [-0.39, 0.29) is 11.5 Å². The Morgan fingerprint density at radius 2 is 1.00 bits per heavy atom. The molecule has 0 aliphatic rings. The predicted octanol–water partition coefficient (Wildman–Crippen LogP) is -0.334. The summed E-state index contributed by atoms with van der Waals surface area (Å²) in [5.74, 6) is -0.755. The average molecular weight is 350 g/mol. The Balaban J connectivity index is 2.40. The van der Waals surface area contributed by atoms with Gasteiger partial charge in [0.05, 0.1) is 12.7 Å². The van der Waals surface area contributed by atoms with E-state index in [1.165, 1.54) is 24.3 Å². The molecule has 0 aromatic heterocycles. The number of hydrogen-bond donors (Lipinski definition) is 7. The monoisotopic (exact) mass is 350 g/mol. The summed E-state index contributed by atoms with van der Waals surface area (Å²) in [5.41, 5.74) is 1.08. The molecule has 0 spiro atoms. The van der Waals surface area contributed by atoms with Crippen molar-refractivity contribution < 1.29 is 35.7 Å². The molecule has 0 fully saturated rings. The van der Waals surface area contributed by atoms with Crippen molar-refractivity contribution >= 4 is 0 Å². The van der Waals surface area contributed by atoms with Crippen molar-refractivity contribution in [2.75, 3.05) is 6.61 Å². The van der Waals surface area contributed by atoms with E-state index in [1.807, 2.05) is 0 Å². The van der Waals surface area contributed by atoms with Gasteiger partial charge in [0, 0.05) is 5.92 Å². The van der Waals surface area contributed by atoms with Gasteiger partial charge in [0.15, 0.2) is 0 Å². The van der Waals surface area contributed by atoms with Gasteiger partial charge in [0.25, 0.3) is 0 Å². The highest BCUT2D eigenvalue weighted by atomic mass is 16.4. The number of rotatable bonds is 7. The van der Waals surface area contributed by atoms with Gasteiger partial charge in [0.2, 0.25) is 0 Å². The molecule has 7 N–H and O–H groups in total.